The number of nitrogens with one attached hydrogen (secondary N) is 2. The quantitative estimate of drug-likeness (QED) is 0.540. The maximum absolute atomic E-state index is 12.0. The summed E-state index contributed by atoms with van der Waals surface area (Å²) in [7, 11) is 0. The van der Waals surface area contributed by atoms with Crippen molar-refractivity contribution in [3.05, 3.63) is 59.0 Å². The molecular weight excluding hydrogens is 360 g/mol. The fraction of sp³-hybridized carbons (Fsp3) is 0.333. The Morgan fingerprint density at radius 3 is 2.79 bits per heavy atom. The van der Waals surface area contributed by atoms with Crippen LogP contribution in [0.2, 0.25) is 0 Å². The Morgan fingerprint density at radius 2 is 2.11 bits per heavy atom. The number of nitrogens with zero attached hydrogens (tertiary/aromatic N) is 6. The minimum absolute atomic E-state index is 0.0465. The third kappa shape index (κ3) is 4.40. The molecule has 0 bridgehead atoms. The third-order valence-electron chi connectivity index (χ3n) is 4.35. The summed E-state index contributed by atoms with van der Waals surface area (Å²) in [4.78, 5) is 28.3. The molecule has 0 aromatic carbocycles. The van der Waals surface area contributed by atoms with Crippen molar-refractivity contribution in [2.75, 3.05) is 18.4 Å². The molecule has 0 spiro atoms. The van der Waals surface area contributed by atoms with E-state index in [1.807, 2.05) is 6.07 Å². The second-order valence-electron chi connectivity index (χ2n) is 6.56. The highest BCUT2D eigenvalue weighted by atomic mass is 16.2. The Balaban J connectivity index is 1.21. The predicted octanol–water partition coefficient (Wildman–Crippen LogP) is 0.325. The van der Waals surface area contributed by atoms with E-state index in [2.05, 4.69) is 30.9 Å². The molecule has 1 aliphatic carbocycles. The van der Waals surface area contributed by atoms with E-state index in [1.165, 1.54) is 17.0 Å². The number of hydrogen-bond donors (Lipinski definition) is 2. The van der Waals surface area contributed by atoms with Gasteiger partial charge in [0.05, 0.1) is 12.0 Å². The zero-order chi connectivity index (χ0) is 19.3. The van der Waals surface area contributed by atoms with Crippen LogP contribution in [0.5, 0.6) is 0 Å². The number of rotatable bonds is 8. The van der Waals surface area contributed by atoms with Gasteiger partial charge >= 0.3 is 0 Å². The van der Waals surface area contributed by atoms with Gasteiger partial charge < -0.3 is 10.6 Å². The van der Waals surface area contributed by atoms with Gasteiger partial charge in [-0.2, -0.15) is 5.10 Å². The zero-order valence-electron chi connectivity index (χ0n) is 15.2. The van der Waals surface area contributed by atoms with Crippen LogP contribution < -0.4 is 16.2 Å². The van der Waals surface area contributed by atoms with E-state index in [0.29, 0.717) is 30.6 Å². The summed E-state index contributed by atoms with van der Waals surface area (Å²) < 4.78 is 2.93. The molecule has 10 nitrogen and oxygen atoms in total. The lowest BCUT2D eigenvalue weighted by atomic mass is 10.3. The van der Waals surface area contributed by atoms with Gasteiger partial charge in [-0.3, -0.25) is 14.2 Å². The van der Waals surface area contributed by atoms with Gasteiger partial charge in [0.2, 0.25) is 5.91 Å². The Kier molecular flexibility index (Phi) is 5.09. The van der Waals surface area contributed by atoms with Crippen molar-refractivity contribution in [2.45, 2.75) is 25.3 Å². The maximum Gasteiger partial charge on any atom is 0.254 e. The lowest BCUT2D eigenvalue weighted by Gasteiger charge is -2.09. The second-order valence-corrected chi connectivity index (χ2v) is 6.56. The van der Waals surface area contributed by atoms with Crippen LogP contribution in [0, 0.1) is 0 Å². The van der Waals surface area contributed by atoms with Crippen LogP contribution in [0.3, 0.4) is 0 Å². The molecule has 3 aromatic rings. The monoisotopic (exact) mass is 380 g/mol. The summed E-state index contributed by atoms with van der Waals surface area (Å²) in [5.74, 6) is 1.39. The van der Waals surface area contributed by atoms with E-state index >= 15 is 0 Å². The zero-order valence-corrected chi connectivity index (χ0v) is 15.2. The van der Waals surface area contributed by atoms with Gasteiger partial charge in [-0.1, -0.05) is 0 Å². The molecule has 144 valence electrons. The normalized spacial score (nSPS) is 13.3. The summed E-state index contributed by atoms with van der Waals surface area (Å²) >= 11 is 0. The van der Waals surface area contributed by atoms with Crippen LogP contribution in [0.1, 0.15) is 24.5 Å². The topological polar surface area (TPSA) is 120 Å². The molecule has 0 radical (unpaired) electrons. The Morgan fingerprint density at radius 1 is 1.21 bits per heavy atom. The molecule has 1 aliphatic rings. The second kappa shape index (κ2) is 7.99. The fourth-order valence-corrected chi connectivity index (χ4v) is 2.71. The van der Waals surface area contributed by atoms with Gasteiger partial charge in [-0.25, -0.2) is 9.67 Å². The van der Waals surface area contributed by atoms with E-state index in [1.54, 1.807) is 29.2 Å². The summed E-state index contributed by atoms with van der Waals surface area (Å²) in [6, 6.07) is 6.92. The predicted molar refractivity (Wildman–Crippen MR) is 101 cm³/mol. The first-order chi connectivity index (χ1) is 13.7. The smallest absolute Gasteiger partial charge is 0.254 e. The van der Waals surface area contributed by atoms with E-state index in [0.717, 1.165) is 18.5 Å². The molecule has 28 heavy (non-hydrogen) atoms. The van der Waals surface area contributed by atoms with Gasteiger partial charge in [0, 0.05) is 37.5 Å². The molecular formula is C18H20N8O2. The molecule has 0 aliphatic heterocycles. The van der Waals surface area contributed by atoms with Crippen LogP contribution in [-0.2, 0) is 11.3 Å². The first-order valence-electron chi connectivity index (χ1n) is 9.10. The van der Waals surface area contributed by atoms with Crippen LogP contribution in [0.15, 0.2) is 47.8 Å². The molecule has 1 saturated carbocycles. The SMILES string of the molecule is O=C(Cn1cnc(C2CC2)cc1=O)NCCNc1ccc(-n2cccn2)nn1. The van der Waals surface area contributed by atoms with Crippen molar-refractivity contribution in [1.29, 1.82) is 0 Å². The molecule has 3 heterocycles. The van der Waals surface area contributed by atoms with Crippen LogP contribution >= 0.6 is 0 Å². The maximum atomic E-state index is 12.0. The van der Waals surface area contributed by atoms with Gasteiger partial charge in [0.15, 0.2) is 5.82 Å². The number of aromatic nitrogens is 6. The van der Waals surface area contributed by atoms with Gasteiger partial charge in [0.1, 0.15) is 12.4 Å². The highest BCUT2D eigenvalue weighted by molar-refractivity contribution is 5.75. The molecule has 1 amide bonds. The van der Waals surface area contributed by atoms with Crippen molar-refractivity contribution in [3.8, 4) is 5.82 Å². The number of anilines is 1. The average molecular weight is 380 g/mol. The first kappa shape index (κ1) is 17.8. The molecule has 4 rings (SSSR count). The van der Waals surface area contributed by atoms with Gasteiger partial charge in [0.25, 0.3) is 5.56 Å². The standard InChI is InChI=1S/C18H20N8O2/c27-17(11-25-12-21-14(10-18(25)28)13-2-3-13)20-8-7-19-15-4-5-16(24-23-15)26-9-1-6-22-26/h1,4-6,9-10,12-13H,2-3,7-8,11H2,(H,19,23)(H,20,27). The molecule has 0 saturated heterocycles. The summed E-state index contributed by atoms with van der Waals surface area (Å²) in [5, 5.41) is 18.1. The molecule has 3 aromatic heterocycles. The lowest BCUT2D eigenvalue weighted by Crippen LogP contribution is -2.35. The fourth-order valence-electron chi connectivity index (χ4n) is 2.71. The van der Waals surface area contributed by atoms with Gasteiger partial charge in [-0.05, 0) is 31.0 Å². The molecule has 1 fully saturated rings. The molecule has 0 unspecified atom stereocenters. The number of carbonyl (C=O) groups is 1. The van der Waals surface area contributed by atoms with E-state index in [-0.39, 0.29) is 18.0 Å². The van der Waals surface area contributed by atoms with Crippen LogP contribution in [-0.4, -0.2) is 48.5 Å². The Hall–Kier alpha value is -3.56. The number of hydrogen-bond acceptors (Lipinski definition) is 7. The van der Waals surface area contributed by atoms with E-state index in [9.17, 15) is 9.59 Å². The third-order valence-corrected chi connectivity index (χ3v) is 4.35. The van der Waals surface area contributed by atoms with E-state index in [4.69, 9.17) is 0 Å². The van der Waals surface area contributed by atoms with Crippen molar-refractivity contribution in [3.63, 3.8) is 0 Å². The summed E-state index contributed by atoms with van der Waals surface area (Å²) in [6.45, 7) is 0.828. The number of carbonyl (C=O) groups excluding carboxylic acids is 1. The largest absolute Gasteiger partial charge is 0.367 e. The number of amides is 1. The van der Waals surface area contributed by atoms with Crippen LogP contribution in [0.25, 0.3) is 5.82 Å². The Labute approximate surface area is 160 Å². The lowest BCUT2D eigenvalue weighted by molar-refractivity contribution is -0.121. The average Bonchev–Trinajstić information content (AvgIpc) is 3.41. The molecule has 10 heteroatoms. The van der Waals surface area contributed by atoms with Crippen LogP contribution in [0.4, 0.5) is 5.82 Å². The molecule has 0 atom stereocenters. The first-order valence-corrected chi connectivity index (χ1v) is 9.10. The Bertz CT molecular complexity index is 993. The highest BCUT2D eigenvalue weighted by Gasteiger charge is 2.25. The van der Waals surface area contributed by atoms with Crippen molar-refractivity contribution in [1.82, 2.24) is 34.8 Å². The minimum atomic E-state index is -0.245. The molecule has 2 N–H and O–H groups in total. The van der Waals surface area contributed by atoms with Crippen molar-refractivity contribution >= 4 is 11.7 Å². The summed E-state index contributed by atoms with van der Waals surface area (Å²) in [5.41, 5.74) is 0.628. The van der Waals surface area contributed by atoms with Crippen molar-refractivity contribution in [2.24, 2.45) is 0 Å². The van der Waals surface area contributed by atoms with Crippen molar-refractivity contribution < 1.29 is 4.79 Å². The minimum Gasteiger partial charge on any atom is -0.367 e. The summed E-state index contributed by atoms with van der Waals surface area (Å²) in [6.07, 6.45) is 7.07. The van der Waals surface area contributed by atoms with E-state index < -0.39 is 0 Å². The highest BCUT2D eigenvalue weighted by Crippen LogP contribution is 2.38. The van der Waals surface area contributed by atoms with Gasteiger partial charge in [-0.15, -0.1) is 10.2 Å².